The van der Waals surface area contributed by atoms with Crippen LogP contribution in [0, 0.1) is 0 Å². The molecule has 0 fully saturated rings. The number of nitrogens with zero attached hydrogens (tertiary/aromatic N) is 3. The molecule has 2 N–H and O–H groups in total. The van der Waals surface area contributed by atoms with Crippen LogP contribution in [0.3, 0.4) is 0 Å². The Hall–Kier alpha value is -3.15. The van der Waals surface area contributed by atoms with Crippen molar-refractivity contribution in [2.45, 2.75) is 38.3 Å². The van der Waals surface area contributed by atoms with Gasteiger partial charge in [-0.2, -0.15) is 0 Å². The summed E-state index contributed by atoms with van der Waals surface area (Å²) in [6.07, 6.45) is 1.29. The molecule has 1 aliphatic heterocycles. The van der Waals surface area contributed by atoms with Crippen LogP contribution in [0.25, 0.3) is 0 Å². The first-order chi connectivity index (χ1) is 13.1. The smallest absolute Gasteiger partial charge is 0.235 e. The second kappa shape index (κ2) is 7.23. The maximum Gasteiger partial charge on any atom is 0.235 e. The molecule has 4 rings (SSSR count). The van der Waals surface area contributed by atoms with E-state index in [0.717, 1.165) is 16.8 Å². The van der Waals surface area contributed by atoms with E-state index < -0.39 is 0 Å². The van der Waals surface area contributed by atoms with Crippen LogP contribution in [0.15, 0.2) is 59.0 Å². The summed E-state index contributed by atoms with van der Waals surface area (Å²) in [5.41, 5.74) is 8.72. The molecule has 0 spiro atoms. The predicted molar refractivity (Wildman–Crippen MR) is 102 cm³/mol. The van der Waals surface area contributed by atoms with Crippen LogP contribution in [0.1, 0.15) is 42.2 Å². The van der Waals surface area contributed by atoms with E-state index in [1.807, 2.05) is 54.6 Å². The topological polar surface area (TPSA) is 85.3 Å². The monoisotopic (exact) mass is 362 g/mol. The van der Waals surface area contributed by atoms with Crippen molar-refractivity contribution < 1.29 is 9.21 Å². The molecule has 1 amide bonds. The average molecular weight is 362 g/mol. The summed E-state index contributed by atoms with van der Waals surface area (Å²) < 4.78 is 5.87. The lowest BCUT2D eigenvalue weighted by Gasteiger charge is -2.39. The number of hydrogen-bond acceptors (Lipinski definition) is 5. The lowest BCUT2D eigenvalue weighted by atomic mass is 9.85. The van der Waals surface area contributed by atoms with Crippen molar-refractivity contribution in [3.05, 3.63) is 77.5 Å². The minimum atomic E-state index is -0.281. The molecule has 0 unspecified atom stereocenters. The largest absolute Gasteiger partial charge is 0.423 e. The van der Waals surface area contributed by atoms with Crippen molar-refractivity contribution in [2.75, 3.05) is 4.90 Å². The van der Waals surface area contributed by atoms with E-state index in [-0.39, 0.29) is 17.9 Å². The van der Waals surface area contributed by atoms with Gasteiger partial charge in [-0.25, -0.2) is 0 Å². The van der Waals surface area contributed by atoms with Crippen LogP contribution in [0.2, 0.25) is 0 Å². The van der Waals surface area contributed by atoms with Gasteiger partial charge in [-0.3, -0.25) is 4.79 Å². The van der Waals surface area contributed by atoms with E-state index in [9.17, 15) is 4.79 Å². The highest BCUT2D eigenvalue weighted by Gasteiger charge is 2.33. The Balaban J connectivity index is 1.55. The number of nitrogens with two attached hydrogens (primary N) is 1. The first-order valence-electron chi connectivity index (χ1n) is 9.12. The zero-order valence-electron chi connectivity index (χ0n) is 15.2. The fraction of sp³-hybridized carbons (Fsp3) is 0.286. The molecule has 2 aromatic carbocycles. The summed E-state index contributed by atoms with van der Waals surface area (Å²) in [4.78, 5) is 14.1. The van der Waals surface area contributed by atoms with Gasteiger partial charge in [0.2, 0.25) is 17.7 Å². The Kier molecular flexibility index (Phi) is 4.62. The van der Waals surface area contributed by atoms with E-state index in [0.29, 0.717) is 31.2 Å². The zero-order chi connectivity index (χ0) is 18.8. The van der Waals surface area contributed by atoms with Crippen LogP contribution in [-0.4, -0.2) is 22.1 Å². The number of anilines is 1. The summed E-state index contributed by atoms with van der Waals surface area (Å²) in [6, 6.07) is 18.1. The van der Waals surface area contributed by atoms with Crippen LogP contribution in [-0.2, 0) is 17.8 Å². The average Bonchev–Trinajstić information content (AvgIpc) is 3.11. The lowest BCUT2D eigenvalue weighted by Crippen LogP contribution is -2.41. The molecule has 2 atom stereocenters. The minimum absolute atomic E-state index is 0.141. The lowest BCUT2D eigenvalue weighted by molar-refractivity contribution is -0.119. The van der Waals surface area contributed by atoms with Gasteiger partial charge in [-0.05, 0) is 30.5 Å². The van der Waals surface area contributed by atoms with Gasteiger partial charge in [0, 0.05) is 11.7 Å². The van der Waals surface area contributed by atoms with Gasteiger partial charge in [0.15, 0.2) is 0 Å². The summed E-state index contributed by atoms with van der Waals surface area (Å²) in [6.45, 7) is 2.60. The fourth-order valence-corrected chi connectivity index (χ4v) is 3.73. The van der Waals surface area contributed by atoms with E-state index in [1.165, 1.54) is 0 Å². The van der Waals surface area contributed by atoms with Crippen LogP contribution in [0.4, 0.5) is 5.69 Å². The molecule has 6 nitrogen and oxygen atoms in total. The van der Waals surface area contributed by atoms with Crippen molar-refractivity contribution >= 4 is 11.6 Å². The second-order valence-electron chi connectivity index (χ2n) is 6.98. The zero-order valence-corrected chi connectivity index (χ0v) is 15.2. The van der Waals surface area contributed by atoms with Gasteiger partial charge < -0.3 is 15.1 Å². The van der Waals surface area contributed by atoms with Crippen molar-refractivity contribution in [3.8, 4) is 0 Å². The van der Waals surface area contributed by atoms with Gasteiger partial charge in [0.25, 0.3) is 0 Å². The van der Waals surface area contributed by atoms with E-state index >= 15 is 0 Å². The summed E-state index contributed by atoms with van der Waals surface area (Å²) >= 11 is 0. The molecule has 0 aliphatic carbocycles. The number of benzene rings is 2. The molecule has 0 bridgehead atoms. The first kappa shape index (κ1) is 17.3. The van der Waals surface area contributed by atoms with Gasteiger partial charge in [0.1, 0.15) is 0 Å². The third kappa shape index (κ3) is 3.56. The fourth-order valence-electron chi connectivity index (χ4n) is 3.73. The third-order valence-electron chi connectivity index (χ3n) is 5.09. The number of aromatic nitrogens is 2. The molecule has 3 aromatic rings. The van der Waals surface area contributed by atoms with Gasteiger partial charge in [-0.15, -0.1) is 10.2 Å². The van der Waals surface area contributed by atoms with E-state index in [4.69, 9.17) is 10.2 Å². The summed E-state index contributed by atoms with van der Waals surface area (Å²) in [7, 11) is 0. The molecule has 27 heavy (non-hydrogen) atoms. The Labute approximate surface area is 158 Å². The molecule has 2 heterocycles. The highest BCUT2D eigenvalue weighted by Crippen LogP contribution is 2.38. The highest BCUT2D eigenvalue weighted by molar-refractivity contribution is 5.85. The SMILES string of the molecule is C[C@@H]1C[C@H](C(N)=O)c2ccccc2N1Cc1nnc(Cc2ccccc2)o1. The maximum absolute atomic E-state index is 11.9. The van der Waals surface area contributed by atoms with Gasteiger partial charge in [-0.1, -0.05) is 48.5 Å². The van der Waals surface area contributed by atoms with E-state index in [1.54, 1.807) is 0 Å². The molecule has 138 valence electrons. The second-order valence-corrected chi connectivity index (χ2v) is 6.98. The molecule has 1 aliphatic rings. The van der Waals surface area contributed by atoms with E-state index in [2.05, 4.69) is 22.0 Å². The molecule has 0 saturated carbocycles. The quantitative estimate of drug-likeness (QED) is 0.754. The predicted octanol–water partition coefficient (Wildman–Crippen LogP) is 3.03. The first-order valence-corrected chi connectivity index (χ1v) is 9.12. The standard InChI is InChI=1S/C21H22N4O2/c1-14-11-17(21(22)26)16-9-5-6-10-18(16)25(14)13-20-24-23-19(27-20)12-15-7-3-2-4-8-15/h2-10,14,17H,11-13H2,1H3,(H2,22,26)/t14-,17+/m1/s1. The molecular weight excluding hydrogens is 340 g/mol. The number of para-hydroxylation sites is 1. The normalized spacial score (nSPS) is 18.9. The Morgan fingerprint density at radius 2 is 1.81 bits per heavy atom. The molecule has 1 aromatic heterocycles. The Morgan fingerprint density at radius 3 is 2.59 bits per heavy atom. The van der Waals surface area contributed by atoms with Gasteiger partial charge in [0.05, 0.1) is 18.9 Å². The Morgan fingerprint density at radius 1 is 1.11 bits per heavy atom. The Bertz CT molecular complexity index is 938. The van der Waals surface area contributed by atoms with Crippen molar-refractivity contribution in [1.82, 2.24) is 10.2 Å². The summed E-state index contributed by atoms with van der Waals surface area (Å²) in [5, 5.41) is 8.40. The number of primary amides is 1. The number of amides is 1. The molecule has 6 heteroatoms. The number of hydrogen-bond donors (Lipinski definition) is 1. The van der Waals surface area contributed by atoms with Crippen LogP contribution in [0.5, 0.6) is 0 Å². The summed E-state index contributed by atoms with van der Waals surface area (Å²) in [5.74, 6) is 0.630. The van der Waals surface area contributed by atoms with Crippen molar-refractivity contribution in [3.63, 3.8) is 0 Å². The molecular formula is C21H22N4O2. The highest BCUT2D eigenvalue weighted by atomic mass is 16.4. The van der Waals surface area contributed by atoms with Gasteiger partial charge >= 0.3 is 0 Å². The van der Waals surface area contributed by atoms with Crippen molar-refractivity contribution in [2.24, 2.45) is 5.73 Å². The maximum atomic E-state index is 11.9. The number of carbonyl (C=O) groups excluding carboxylic acids is 1. The third-order valence-corrected chi connectivity index (χ3v) is 5.09. The molecule has 0 radical (unpaired) electrons. The number of fused-ring (bicyclic) bond motifs is 1. The van der Waals surface area contributed by atoms with Crippen LogP contribution >= 0.6 is 0 Å². The van der Waals surface area contributed by atoms with Crippen molar-refractivity contribution in [1.29, 1.82) is 0 Å². The minimum Gasteiger partial charge on any atom is -0.423 e. The molecule has 0 saturated heterocycles. The number of carbonyl (C=O) groups is 1. The number of rotatable bonds is 5. The van der Waals surface area contributed by atoms with Crippen LogP contribution < -0.4 is 10.6 Å².